The first-order valence-electron chi connectivity index (χ1n) is 12.0. The lowest BCUT2D eigenvalue weighted by Gasteiger charge is -2.34. The molecule has 11 heteroatoms. The number of aliphatic hydroxyl groups excluding tert-OH is 1. The Kier molecular flexibility index (Phi) is 11.1. The molecule has 0 aliphatic carbocycles. The Morgan fingerprint density at radius 1 is 1.00 bits per heavy atom. The maximum Gasteiger partial charge on any atom is 0.408 e. The molecule has 3 amide bonds. The molecule has 0 saturated carbocycles. The van der Waals surface area contributed by atoms with Crippen LogP contribution in [0, 0.1) is 0 Å². The van der Waals surface area contributed by atoms with E-state index in [0.29, 0.717) is 0 Å². The van der Waals surface area contributed by atoms with E-state index >= 15 is 0 Å². The third kappa shape index (κ3) is 9.07. The van der Waals surface area contributed by atoms with Gasteiger partial charge >= 0.3 is 12.1 Å². The van der Waals surface area contributed by atoms with Gasteiger partial charge in [-0.15, -0.1) is 0 Å². The van der Waals surface area contributed by atoms with Crippen molar-refractivity contribution in [2.24, 2.45) is 0 Å². The number of nitrogens with zero attached hydrogens (tertiary/aromatic N) is 1. The summed E-state index contributed by atoms with van der Waals surface area (Å²) in [5.41, 5.74) is -0.0473. The zero-order chi connectivity index (χ0) is 28.3. The summed E-state index contributed by atoms with van der Waals surface area (Å²) in [7, 11) is 1.16. The van der Waals surface area contributed by atoms with Crippen LogP contribution in [0.25, 0.3) is 0 Å². The van der Waals surface area contributed by atoms with Crippen molar-refractivity contribution in [3.63, 3.8) is 0 Å². The number of amides is 3. The predicted octanol–water partition coefficient (Wildman–Crippen LogP) is 1.68. The lowest BCUT2D eigenvalue weighted by molar-refractivity contribution is -0.145. The highest BCUT2D eigenvalue weighted by molar-refractivity contribution is 5.93. The zero-order valence-electron chi connectivity index (χ0n) is 22.0. The molecule has 11 nitrogen and oxygen atoms in total. The van der Waals surface area contributed by atoms with Gasteiger partial charge in [-0.3, -0.25) is 14.4 Å². The summed E-state index contributed by atoms with van der Waals surface area (Å²) in [5, 5.41) is 25.3. The molecule has 2 aromatic carbocycles. The average Bonchev–Trinajstić information content (AvgIpc) is 2.86. The first kappa shape index (κ1) is 30.1. The van der Waals surface area contributed by atoms with Crippen molar-refractivity contribution >= 4 is 23.9 Å². The fourth-order valence-corrected chi connectivity index (χ4v) is 3.67. The van der Waals surface area contributed by atoms with Gasteiger partial charge in [0, 0.05) is 18.5 Å². The Morgan fingerprint density at radius 2 is 1.63 bits per heavy atom. The molecular formula is C27H35N3O8. The smallest absolute Gasteiger partial charge is 0.408 e. The average molecular weight is 530 g/mol. The van der Waals surface area contributed by atoms with E-state index < -0.39 is 54.7 Å². The van der Waals surface area contributed by atoms with Crippen LogP contribution in [0.1, 0.15) is 37.9 Å². The SMILES string of the molecule is COC(=O)CNC(=O)C(c1ccccc1O)N(CCO)C(=O)C(Cc1ccccc1)NC(=O)OC(C)(C)C. The van der Waals surface area contributed by atoms with Gasteiger partial charge in [0.1, 0.15) is 30.0 Å². The zero-order valence-corrected chi connectivity index (χ0v) is 22.0. The van der Waals surface area contributed by atoms with Gasteiger partial charge in [0.25, 0.3) is 0 Å². The molecule has 2 rings (SSSR count). The van der Waals surface area contributed by atoms with E-state index in [4.69, 9.17) is 4.74 Å². The van der Waals surface area contributed by atoms with Crippen molar-refractivity contribution in [3.8, 4) is 5.75 Å². The number of methoxy groups -OCH3 is 1. The predicted molar refractivity (Wildman–Crippen MR) is 138 cm³/mol. The topological polar surface area (TPSA) is 154 Å². The number of alkyl carbamates (subject to hydrolysis) is 1. The lowest BCUT2D eigenvalue weighted by Crippen LogP contribution is -2.54. The number of rotatable bonds is 11. The number of phenolic OH excluding ortho intramolecular Hbond substituents is 1. The second kappa shape index (κ2) is 14.0. The molecule has 0 radical (unpaired) electrons. The summed E-state index contributed by atoms with van der Waals surface area (Å²) in [4.78, 5) is 52.6. The largest absolute Gasteiger partial charge is 0.508 e. The highest BCUT2D eigenvalue weighted by atomic mass is 16.6. The second-order valence-electron chi connectivity index (χ2n) is 9.40. The Bertz CT molecular complexity index is 1100. The van der Waals surface area contributed by atoms with Gasteiger partial charge < -0.3 is 35.2 Å². The molecule has 0 aliphatic heterocycles. The van der Waals surface area contributed by atoms with Gasteiger partial charge in [-0.25, -0.2) is 4.79 Å². The van der Waals surface area contributed by atoms with Crippen LogP contribution in [-0.4, -0.2) is 77.4 Å². The minimum absolute atomic E-state index is 0.0537. The van der Waals surface area contributed by atoms with E-state index in [2.05, 4.69) is 15.4 Å². The molecule has 206 valence electrons. The Hall–Kier alpha value is -4.12. The molecule has 0 aromatic heterocycles. The normalized spacial score (nSPS) is 12.6. The monoisotopic (exact) mass is 529 g/mol. The minimum atomic E-state index is -1.45. The summed E-state index contributed by atoms with van der Waals surface area (Å²) in [5.74, 6) is -2.51. The summed E-state index contributed by atoms with van der Waals surface area (Å²) in [6, 6.07) is 12.2. The Morgan fingerprint density at radius 3 is 2.21 bits per heavy atom. The quantitative estimate of drug-likeness (QED) is 0.321. The molecule has 0 aliphatic rings. The number of esters is 1. The molecule has 0 spiro atoms. The summed E-state index contributed by atoms with van der Waals surface area (Å²) in [6.45, 7) is 3.72. The first-order chi connectivity index (χ1) is 18.0. The van der Waals surface area contributed by atoms with Crippen molar-refractivity contribution in [2.45, 2.75) is 44.9 Å². The van der Waals surface area contributed by atoms with Crippen LogP contribution in [-0.2, 0) is 30.3 Å². The number of hydrogen-bond donors (Lipinski definition) is 4. The van der Waals surface area contributed by atoms with E-state index in [1.165, 1.54) is 12.1 Å². The lowest BCUT2D eigenvalue weighted by atomic mass is 9.99. The Balaban J connectivity index is 2.51. The maximum absolute atomic E-state index is 14.0. The molecule has 0 fully saturated rings. The van der Waals surface area contributed by atoms with Gasteiger partial charge in [-0.1, -0.05) is 48.5 Å². The molecule has 2 atom stereocenters. The number of phenols is 1. The van der Waals surface area contributed by atoms with E-state index in [-0.39, 0.29) is 24.3 Å². The molecular weight excluding hydrogens is 494 g/mol. The number of carbonyl (C=O) groups is 4. The van der Waals surface area contributed by atoms with Crippen LogP contribution in [0.15, 0.2) is 54.6 Å². The van der Waals surface area contributed by atoms with Gasteiger partial charge in [0.2, 0.25) is 11.8 Å². The molecule has 2 aromatic rings. The second-order valence-corrected chi connectivity index (χ2v) is 9.40. The number of ether oxygens (including phenoxy) is 2. The van der Waals surface area contributed by atoms with Crippen molar-refractivity contribution in [2.75, 3.05) is 26.8 Å². The van der Waals surface area contributed by atoms with Gasteiger partial charge in [-0.05, 0) is 32.4 Å². The van der Waals surface area contributed by atoms with E-state index in [1.807, 2.05) is 0 Å². The number of aliphatic hydroxyl groups is 1. The van der Waals surface area contributed by atoms with Crippen molar-refractivity contribution in [3.05, 3.63) is 65.7 Å². The van der Waals surface area contributed by atoms with Crippen molar-refractivity contribution in [1.82, 2.24) is 15.5 Å². The Labute approximate surface area is 221 Å². The molecule has 0 saturated heterocycles. The number of nitrogens with one attached hydrogen (secondary N) is 2. The third-order valence-corrected chi connectivity index (χ3v) is 5.32. The number of carbonyl (C=O) groups excluding carboxylic acids is 4. The van der Waals surface area contributed by atoms with Gasteiger partial charge in [0.05, 0.1) is 13.7 Å². The molecule has 4 N–H and O–H groups in total. The fourth-order valence-electron chi connectivity index (χ4n) is 3.67. The maximum atomic E-state index is 14.0. The highest BCUT2D eigenvalue weighted by Gasteiger charge is 2.37. The standard InChI is InChI=1S/C27H35N3O8/c1-27(2,3)38-26(36)29-20(16-18-10-6-5-7-11-18)25(35)30(14-15-31)23(19-12-8-9-13-21(19)32)24(34)28-17-22(33)37-4/h5-13,20,23,31-32H,14-17H2,1-4H3,(H,28,34)(H,29,36). The number of para-hydroxylation sites is 1. The first-order valence-corrected chi connectivity index (χ1v) is 12.0. The number of hydrogen-bond acceptors (Lipinski definition) is 8. The van der Waals surface area contributed by atoms with Crippen LogP contribution in [0.2, 0.25) is 0 Å². The molecule has 2 unspecified atom stereocenters. The number of benzene rings is 2. The summed E-state index contributed by atoms with van der Waals surface area (Å²) >= 11 is 0. The van der Waals surface area contributed by atoms with Gasteiger partial charge in [0.15, 0.2) is 0 Å². The van der Waals surface area contributed by atoms with Crippen LogP contribution in [0.4, 0.5) is 4.79 Å². The molecule has 0 bridgehead atoms. The van der Waals surface area contributed by atoms with E-state index in [9.17, 15) is 29.4 Å². The van der Waals surface area contributed by atoms with Crippen LogP contribution in [0.5, 0.6) is 5.75 Å². The van der Waals surface area contributed by atoms with Crippen LogP contribution < -0.4 is 10.6 Å². The fraction of sp³-hybridized carbons (Fsp3) is 0.407. The molecule has 38 heavy (non-hydrogen) atoms. The summed E-state index contributed by atoms with van der Waals surface area (Å²) in [6.07, 6.45) is -0.789. The summed E-state index contributed by atoms with van der Waals surface area (Å²) < 4.78 is 9.91. The van der Waals surface area contributed by atoms with E-state index in [1.54, 1.807) is 63.2 Å². The minimum Gasteiger partial charge on any atom is -0.508 e. The number of aromatic hydroxyl groups is 1. The van der Waals surface area contributed by atoms with E-state index in [0.717, 1.165) is 17.6 Å². The van der Waals surface area contributed by atoms with Crippen molar-refractivity contribution < 1.29 is 38.9 Å². The van der Waals surface area contributed by atoms with Crippen LogP contribution in [0.3, 0.4) is 0 Å². The van der Waals surface area contributed by atoms with Crippen LogP contribution >= 0.6 is 0 Å². The highest BCUT2D eigenvalue weighted by Crippen LogP contribution is 2.29. The third-order valence-electron chi connectivity index (χ3n) is 5.32. The van der Waals surface area contributed by atoms with Crippen molar-refractivity contribution in [1.29, 1.82) is 0 Å². The molecule has 0 heterocycles. The van der Waals surface area contributed by atoms with Gasteiger partial charge in [-0.2, -0.15) is 0 Å².